The second-order valence-corrected chi connectivity index (χ2v) is 5.23. The van der Waals surface area contributed by atoms with Crippen LogP contribution in [0.4, 0.5) is 0 Å². The van der Waals surface area contributed by atoms with E-state index < -0.39 is 0 Å². The molecule has 0 spiro atoms. The van der Waals surface area contributed by atoms with E-state index >= 15 is 0 Å². The van der Waals surface area contributed by atoms with Crippen LogP contribution in [0.25, 0.3) is 0 Å². The minimum absolute atomic E-state index is 0. The quantitative estimate of drug-likeness (QED) is 0.361. The van der Waals surface area contributed by atoms with E-state index in [1.54, 1.807) is 13.4 Å². The number of aliphatic imine (C=N–C) groups is 1. The lowest BCUT2D eigenvalue weighted by Crippen LogP contribution is -2.38. The Balaban J connectivity index is 0.00000312. The normalized spacial score (nSPS) is 10.9. The van der Waals surface area contributed by atoms with Crippen LogP contribution in [-0.4, -0.2) is 40.9 Å². The molecule has 25 heavy (non-hydrogen) atoms. The molecule has 2 N–H and O–H groups in total. The lowest BCUT2D eigenvalue weighted by Gasteiger charge is -2.13. The van der Waals surface area contributed by atoms with Crippen molar-refractivity contribution in [2.45, 2.75) is 33.4 Å². The summed E-state index contributed by atoms with van der Waals surface area (Å²) in [6.45, 7) is 6.97. The van der Waals surface area contributed by atoms with Gasteiger partial charge in [-0.2, -0.15) is 0 Å². The van der Waals surface area contributed by atoms with Crippen LogP contribution in [0.3, 0.4) is 0 Å². The number of ether oxygens (including phenoxy) is 1. The summed E-state index contributed by atoms with van der Waals surface area (Å²) in [4.78, 5) is 4.25. The van der Waals surface area contributed by atoms with E-state index in [-0.39, 0.29) is 24.0 Å². The van der Waals surface area contributed by atoms with E-state index in [1.807, 2.05) is 29.7 Å². The highest BCUT2D eigenvalue weighted by molar-refractivity contribution is 14.0. The van der Waals surface area contributed by atoms with Crippen molar-refractivity contribution in [1.82, 2.24) is 25.4 Å². The monoisotopic (exact) mass is 458 g/mol. The fraction of sp³-hybridized carbons (Fsp3) is 0.471. The van der Waals surface area contributed by atoms with E-state index in [0.717, 1.165) is 42.6 Å². The third kappa shape index (κ3) is 6.89. The maximum absolute atomic E-state index is 5.52. The molecule has 0 bridgehead atoms. The van der Waals surface area contributed by atoms with Crippen LogP contribution < -0.4 is 15.4 Å². The Labute approximate surface area is 166 Å². The molecule has 0 saturated heterocycles. The largest absolute Gasteiger partial charge is 0.494 e. The Morgan fingerprint density at radius 2 is 2.12 bits per heavy atom. The third-order valence-corrected chi connectivity index (χ3v) is 3.55. The number of aryl methyl sites for hydroxylation is 1. The molecule has 0 saturated carbocycles. The summed E-state index contributed by atoms with van der Waals surface area (Å²) in [6, 6.07) is 8.06. The number of rotatable bonds is 8. The molecule has 2 rings (SSSR count). The van der Waals surface area contributed by atoms with Gasteiger partial charge in [0, 0.05) is 33.1 Å². The number of hydrogen-bond donors (Lipinski definition) is 2. The fourth-order valence-electron chi connectivity index (χ4n) is 2.35. The number of halogens is 1. The fourth-order valence-corrected chi connectivity index (χ4v) is 2.35. The molecule has 0 amide bonds. The summed E-state index contributed by atoms with van der Waals surface area (Å²) < 4.78 is 7.57. The highest BCUT2D eigenvalue weighted by Gasteiger charge is 2.03. The Morgan fingerprint density at radius 3 is 2.84 bits per heavy atom. The average Bonchev–Trinajstić information content (AvgIpc) is 3.06. The molecule has 138 valence electrons. The summed E-state index contributed by atoms with van der Waals surface area (Å²) >= 11 is 0. The first-order valence-electron chi connectivity index (χ1n) is 8.29. The van der Waals surface area contributed by atoms with Gasteiger partial charge in [-0.05, 0) is 24.6 Å². The molecule has 0 unspecified atom stereocenters. The van der Waals surface area contributed by atoms with Gasteiger partial charge in [-0.15, -0.1) is 34.2 Å². The topological polar surface area (TPSA) is 76.4 Å². The van der Waals surface area contributed by atoms with Crippen molar-refractivity contribution < 1.29 is 4.74 Å². The molecule has 7 nitrogen and oxygen atoms in total. The Hall–Kier alpha value is -1.84. The Bertz CT molecular complexity index is 658. The van der Waals surface area contributed by atoms with Gasteiger partial charge in [0.05, 0.1) is 6.61 Å². The number of benzene rings is 1. The van der Waals surface area contributed by atoms with Gasteiger partial charge < -0.3 is 19.9 Å². The van der Waals surface area contributed by atoms with Gasteiger partial charge in [-0.1, -0.05) is 19.1 Å². The zero-order valence-electron chi connectivity index (χ0n) is 15.0. The van der Waals surface area contributed by atoms with Crippen molar-refractivity contribution in [3.05, 3.63) is 42.0 Å². The lowest BCUT2D eigenvalue weighted by molar-refractivity contribution is 0.340. The molecular weight excluding hydrogens is 431 g/mol. The Kier molecular flexibility index (Phi) is 9.90. The van der Waals surface area contributed by atoms with Crippen LogP contribution in [-0.2, 0) is 19.5 Å². The standard InChI is InChI=1S/C17H26N6O.HI/c1-4-16-22-21-13-23(16)10-9-19-17(18-3)20-12-14-7-6-8-15(11-14)24-5-2;/h6-8,11,13H,4-5,9-10,12H2,1-3H3,(H2,18,19,20);1H. The minimum atomic E-state index is 0. The van der Waals surface area contributed by atoms with Crippen LogP contribution in [0, 0.1) is 0 Å². The first-order valence-corrected chi connectivity index (χ1v) is 8.29. The molecule has 0 aliphatic rings. The van der Waals surface area contributed by atoms with Gasteiger partial charge in [0.2, 0.25) is 0 Å². The molecule has 0 atom stereocenters. The summed E-state index contributed by atoms with van der Waals surface area (Å²) in [5, 5.41) is 14.6. The van der Waals surface area contributed by atoms with Crippen molar-refractivity contribution in [3.63, 3.8) is 0 Å². The van der Waals surface area contributed by atoms with Gasteiger partial charge in [-0.3, -0.25) is 4.99 Å². The molecule has 1 heterocycles. The zero-order valence-corrected chi connectivity index (χ0v) is 17.4. The second kappa shape index (κ2) is 11.7. The number of nitrogens with one attached hydrogen (secondary N) is 2. The third-order valence-electron chi connectivity index (χ3n) is 3.55. The van der Waals surface area contributed by atoms with Crippen LogP contribution in [0.2, 0.25) is 0 Å². The molecule has 0 radical (unpaired) electrons. The van der Waals surface area contributed by atoms with E-state index in [0.29, 0.717) is 13.2 Å². The lowest BCUT2D eigenvalue weighted by atomic mass is 10.2. The van der Waals surface area contributed by atoms with E-state index in [2.05, 4.69) is 38.8 Å². The molecule has 1 aromatic carbocycles. The molecule has 0 aliphatic heterocycles. The smallest absolute Gasteiger partial charge is 0.191 e. The van der Waals surface area contributed by atoms with Gasteiger partial charge in [0.1, 0.15) is 17.9 Å². The van der Waals surface area contributed by atoms with Crippen molar-refractivity contribution >= 4 is 29.9 Å². The van der Waals surface area contributed by atoms with E-state index in [4.69, 9.17) is 4.74 Å². The Morgan fingerprint density at radius 1 is 1.28 bits per heavy atom. The predicted octanol–water partition coefficient (Wildman–Crippen LogP) is 2.22. The molecule has 8 heteroatoms. The van der Waals surface area contributed by atoms with Gasteiger partial charge in [0.15, 0.2) is 5.96 Å². The molecule has 0 aliphatic carbocycles. The van der Waals surface area contributed by atoms with Crippen LogP contribution in [0.5, 0.6) is 5.75 Å². The molecule has 1 aromatic heterocycles. The van der Waals surface area contributed by atoms with Crippen LogP contribution in [0.15, 0.2) is 35.6 Å². The highest BCUT2D eigenvalue weighted by atomic mass is 127. The summed E-state index contributed by atoms with van der Waals surface area (Å²) in [5.74, 6) is 2.65. The van der Waals surface area contributed by atoms with E-state index in [1.165, 1.54) is 0 Å². The number of nitrogens with zero attached hydrogens (tertiary/aromatic N) is 4. The number of hydrogen-bond acceptors (Lipinski definition) is 4. The molecule has 0 fully saturated rings. The predicted molar refractivity (Wildman–Crippen MR) is 111 cm³/mol. The van der Waals surface area contributed by atoms with Crippen molar-refractivity contribution in [2.24, 2.45) is 4.99 Å². The summed E-state index contributed by atoms with van der Waals surface area (Å²) in [5.41, 5.74) is 1.15. The second-order valence-electron chi connectivity index (χ2n) is 5.23. The molecular formula is C17H27IN6O. The first-order chi connectivity index (χ1) is 11.8. The van der Waals surface area contributed by atoms with Crippen molar-refractivity contribution in [1.29, 1.82) is 0 Å². The maximum Gasteiger partial charge on any atom is 0.191 e. The first kappa shape index (κ1) is 21.2. The SMILES string of the molecule is CCOc1cccc(CNC(=NC)NCCn2cnnc2CC)c1.I. The maximum atomic E-state index is 5.52. The van der Waals surface area contributed by atoms with Crippen molar-refractivity contribution in [3.8, 4) is 5.75 Å². The van der Waals surface area contributed by atoms with Gasteiger partial charge in [-0.25, -0.2) is 0 Å². The van der Waals surface area contributed by atoms with E-state index in [9.17, 15) is 0 Å². The summed E-state index contributed by atoms with van der Waals surface area (Å²) in [6.07, 6.45) is 2.64. The van der Waals surface area contributed by atoms with Gasteiger partial charge >= 0.3 is 0 Å². The minimum Gasteiger partial charge on any atom is -0.494 e. The van der Waals surface area contributed by atoms with Crippen molar-refractivity contribution in [2.75, 3.05) is 20.2 Å². The zero-order chi connectivity index (χ0) is 17.2. The van der Waals surface area contributed by atoms with Crippen LogP contribution >= 0.6 is 24.0 Å². The molecule has 2 aromatic rings. The van der Waals surface area contributed by atoms with Gasteiger partial charge in [0.25, 0.3) is 0 Å². The summed E-state index contributed by atoms with van der Waals surface area (Å²) in [7, 11) is 1.77. The average molecular weight is 458 g/mol. The number of aromatic nitrogens is 3. The highest BCUT2D eigenvalue weighted by Crippen LogP contribution is 2.12. The number of guanidine groups is 1. The van der Waals surface area contributed by atoms with Crippen LogP contribution in [0.1, 0.15) is 25.2 Å².